The minimum atomic E-state index is -3.13. The van der Waals surface area contributed by atoms with Crippen molar-refractivity contribution in [3.8, 4) is 5.75 Å². The van der Waals surface area contributed by atoms with Gasteiger partial charge in [-0.05, 0) is 37.6 Å². The van der Waals surface area contributed by atoms with Gasteiger partial charge >= 0.3 is 0 Å². The molecule has 27 heavy (non-hydrogen) atoms. The number of benzene rings is 1. The minimum absolute atomic E-state index is 0.0583. The normalized spacial score (nSPS) is 26.2. The third-order valence-electron chi connectivity index (χ3n) is 5.72. The number of piperazine rings is 1. The standard InChI is InChI=1S/C20H26N2O4S/c1-14(2)5-7-21-8-9-22(18-13-27(24,25)12-17(18)21)20(23)16-3-4-19-15(11-16)6-10-26-19/h3-5,11,17-18H,6-10,12-13H2,1-2H3/t17-,18+/m0/s1. The smallest absolute Gasteiger partial charge is 0.254 e. The third-order valence-corrected chi connectivity index (χ3v) is 7.42. The summed E-state index contributed by atoms with van der Waals surface area (Å²) >= 11 is 0. The second-order valence-electron chi connectivity index (χ2n) is 7.91. The van der Waals surface area contributed by atoms with Crippen molar-refractivity contribution in [2.45, 2.75) is 32.4 Å². The first-order chi connectivity index (χ1) is 12.8. The first-order valence-corrected chi connectivity index (χ1v) is 11.3. The van der Waals surface area contributed by atoms with Crippen molar-refractivity contribution in [3.63, 3.8) is 0 Å². The number of rotatable bonds is 3. The van der Waals surface area contributed by atoms with Gasteiger partial charge in [-0.25, -0.2) is 8.42 Å². The van der Waals surface area contributed by atoms with Crippen LogP contribution in [0.3, 0.4) is 0 Å². The molecule has 1 aromatic carbocycles. The lowest BCUT2D eigenvalue weighted by molar-refractivity contribution is 0.0368. The van der Waals surface area contributed by atoms with Crippen LogP contribution < -0.4 is 4.74 Å². The number of fused-ring (bicyclic) bond motifs is 2. The highest BCUT2D eigenvalue weighted by Crippen LogP contribution is 2.30. The third kappa shape index (κ3) is 3.62. The lowest BCUT2D eigenvalue weighted by atomic mass is 10.0. The monoisotopic (exact) mass is 390 g/mol. The highest BCUT2D eigenvalue weighted by atomic mass is 32.2. The Morgan fingerprint density at radius 2 is 2.00 bits per heavy atom. The molecule has 3 aliphatic rings. The van der Waals surface area contributed by atoms with Crippen LogP contribution in [0.5, 0.6) is 5.75 Å². The molecule has 0 aromatic heterocycles. The molecule has 1 aromatic rings. The summed E-state index contributed by atoms with van der Waals surface area (Å²) in [5.41, 5.74) is 2.89. The quantitative estimate of drug-likeness (QED) is 0.732. The van der Waals surface area contributed by atoms with Gasteiger partial charge in [-0.1, -0.05) is 11.6 Å². The lowest BCUT2D eigenvalue weighted by Gasteiger charge is -2.43. The molecule has 6 nitrogen and oxygen atoms in total. The molecule has 7 heteroatoms. The highest BCUT2D eigenvalue weighted by molar-refractivity contribution is 7.91. The molecule has 0 aliphatic carbocycles. The molecule has 0 spiro atoms. The van der Waals surface area contributed by atoms with Gasteiger partial charge < -0.3 is 9.64 Å². The van der Waals surface area contributed by atoms with Crippen molar-refractivity contribution in [1.29, 1.82) is 0 Å². The molecular formula is C20H26N2O4S. The van der Waals surface area contributed by atoms with Crippen molar-refractivity contribution in [2.24, 2.45) is 0 Å². The van der Waals surface area contributed by atoms with Gasteiger partial charge in [-0.2, -0.15) is 0 Å². The first kappa shape index (κ1) is 18.5. The number of carbonyl (C=O) groups excluding carboxylic acids is 1. The summed E-state index contributed by atoms with van der Waals surface area (Å²) in [6.07, 6.45) is 2.94. The average Bonchev–Trinajstić information content (AvgIpc) is 3.20. The molecule has 0 radical (unpaired) electrons. The van der Waals surface area contributed by atoms with Gasteiger partial charge in [0.25, 0.3) is 5.91 Å². The van der Waals surface area contributed by atoms with Crippen molar-refractivity contribution in [3.05, 3.63) is 41.0 Å². The fraction of sp³-hybridized carbons (Fsp3) is 0.550. The zero-order valence-corrected chi connectivity index (χ0v) is 16.7. The van der Waals surface area contributed by atoms with E-state index in [1.165, 1.54) is 5.57 Å². The van der Waals surface area contributed by atoms with Crippen LogP contribution >= 0.6 is 0 Å². The van der Waals surface area contributed by atoms with E-state index in [9.17, 15) is 13.2 Å². The van der Waals surface area contributed by atoms with E-state index in [-0.39, 0.29) is 29.5 Å². The Bertz CT molecular complexity index is 889. The van der Waals surface area contributed by atoms with E-state index in [1.807, 2.05) is 26.0 Å². The van der Waals surface area contributed by atoms with Gasteiger partial charge in [0.15, 0.2) is 9.84 Å². The van der Waals surface area contributed by atoms with E-state index in [2.05, 4.69) is 11.0 Å². The molecule has 1 amide bonds. The van der Waals surface area contributed by atoms with Gasteiger partial charge in [0.2, 0.25) is 0 Å². The maximum atomic E-state index is 13.2. The number of sulfone groups is 1. The molecule has 3 heterocycles. The second kappa shape index (κ2) is 6.95. The summed E-state index contributed by atoms with van der Waals surface area (Å²) < 4.78 is 30.2. The number of ether oxygens (including phenoxy) is 1. The van der Waals surface area contributed by atoms with E-state index in [0.29, 0.717) is 25.3 Å². The van der Waals surface area contributed by atoms with E-state index in [0.717, 1.165) is 24.3 Å². The number of hydrogen-bond donors (Lipinski definition) is 0. The van der Waals surface area contributed by atoms with Crippen LogP contribution in [0.15, 0.2) is 29.8 Å². The van der Waals surface area contributed by atoms with E-state index < -0.39 is 9.84 Å². The van der Waals surface area contributed by atoms with E-state index in [4.69, 9.17) is 4.74 Å². The molecule has 146 valence electrons. The van der Waals surface area contributed by atoms with Crippen LogP contribution in [0.4, 0.5) is 0 Å². The molecule has 0 N–H and O–H groups in total. The van der Waals surface area contributed by atoms with Gasteiger partial charge in [0.05, 0.1) is 24.2 Å². The molecule has 0 unspecified atom stereocenters. The average molecular weight is 391 g/mol. The summed E-state index contributed by atoms with van der Waals surface area (Å²) in [6.45, 7) is 6.72. The SMILES string of the molecule is CC(C)=CCN1CCN(C(=O)c2ccc3c(c2)CCO3)[C@@H]2CS(=O)(=O)C[C@@H]21. The topological polar surface area (TPSA) is 66.9 Å². The predicted molar refractivity (Wildman–Crippen MR) is 104 cm³/mol. The molecule has 4 rings (SSSR count). The van der Waals surface area contributed by atoms with Crippen molar-refractivity contribution in [1.82, 2.24) is 9.80 Å². The largest absolute Gasteiger partial charge is 0.493 e. The molecule has 0 saturated carbocycles. The Morgan fingerprint density at radius 3 is 2.78 bits per heavy atom. The maximum absolute atomic E-state index is 13.2. The number of hydrogen-bond acceptors (Lipinski definition) is 5. The zero-order chi connectivity index (χ0) is 19.2. The van der Waals surface area contributed by atoms with E-state index >= 15 is 0 Å². The fourth-order valence-electron chi connectivity index (χ4n) is 4.29. The maximum Gasteiger partial charge on any atom is 0.254 e. The number of amides is 1. The van der Waals surface area contributed by atoms with Crippen LogP contribution in [0.2, 0.25) is 0 Å². The summed E-state index contributed by atoms with van der Waals surface area (Å²) in [6, 6.07) is 5.15. The Kier molecular flexibility index (Phi) is 4.76. The van der Waals surface area contributed by atoms with E-state index in [1.54, 1.807) is 11.0 Å². The van der Waals surface area contributed by atoms with Crippen LogP contribution in [0.1, 0.15) is 29.8 Å². The molecule has 2 atom stereocenters. The van der Waals surface area contributed by atoms with Crippen LogP contribution in [-0.2, 0) is 16.3 Å². The Labute approximate surface area is 160 Å². The molecular weight excluding hydrogens is 364 g/mol. The summed E-state index contributed by atoms with van der Waals surface area (Å²) in [5, 5.41) is 0. The fourth-order valence-corrected chi connectivity index (χ4v) is 6.30. The Balaban J connectivity index is 1.58. The number of allylic oxidation sites excluding steroid dienone is 1. The van der Waals surface area contributed by atoms with Crippen LogP contribution in [0, 0.1) is 0 Å². The van der Waals surface area contributed by atoms with Crippen LogP contribution in [-0.4, -0.2) is 74.0 Å². The molecule has 3 aliphatic heterocycles. The zero-order valence-electron chi connectivity index (χ0n) is 15.8. The molecule has 2 fully saturated rings. The summed E-state index contributed by atoms with van der Waals surface area (Å²) in [7, 11) is -3.13. The van der Waals surface area contributed by atoms with Gasteiger partial charge in [-0.3, -0.25) is 9.69 Å². The van der Waals surface area contributed by atoms with Gasteiger partial charge in [0, 0.05) is 37.7 Å². The lowest BCUT2D eigenvalue weighted by Crippen LogP contribution is -2.60. The number of carbonyl (C=O) groups is 1. The summed E-state index contributed by atoms with van der Waals surface area (Å²) in [5.74, 6) is 0.969. The number of nitrogens with zero attached hydrogens (tertiary/aromatic N) is 2. The molecule has 2 saturated heterocycles. The minimum Gasteiger partial charge on any atom is -0.493 e. The Hall–Kier alpha value is -1.86. The van der Waals surface area contributed by atoms with Gasteiger partial charge in [0.1, 0.15) is 5.75 Å². The van der Waals surface area contributed by atoms with Crippen molar-refractivity contribution < 1.29 is 17.9 Å². The predicted octanol–water partition coefficient (Wildman–Crippen LogP) is 1.51. The van der Waals surface area contributed by atoms with Gasteiger partial charge in [-0.15, -0.1) is 0 Å². The Morgan fingerprint density at radius 1 is 1.22 bits per heavy atom. The van der Waals surface area contributed by atoms with Crippen molar-refractivity contribution in [2.75, 3.05) is 37.7 Å². The first-order valence-electron chi connectivity index (χ1n) is 9.48. The molecule has 0 bridgehead atoms. The van der Waals surface area contributed by atoms with Crippen molar-refractivity contribution >= 4 is 15.7 Å². The summed E-state index contributed by atoms with van der Waals surface area (Å²) in [4.78, 5) is 17.2. The second-order valence-corrected chi connectivity index (χ2v) is 10.1. The van der Waals surface area contributed by atoms with Crippen LogP contribution in [0.25, 0.3) is 0 Å². The highest BCUT2D eigenvalue weighted by Gasteiger charge is 2.47.